The second-order valence-corrected chi connectivity index (χ2v) is 7.04. The van der Waals surface area contributed by atoms with Crippen LogP contribution in [0, 0.1) is 0 Å². The minimum Gasteiger partial charge on any atom is -0.463 e. The maximum absolute atomic E-state index is 12.7. The molecule has 1 saturated carbocycles. The van der Waals surface area contributed by atoms with Crippen LogP contribution in [0.1, 0.15) is 51.1 Å². The molecule has 1 aliphatic carbocycles. The van der Waals surface area contributed by atoms with Gasteiger partial charge in [-0.25, -0.2) is 4.79 Å². The molecule has 0 amide bonds. The highest BCUT2D eigenvalue weighted by molar-refractivity contribution is 7.80. The summed E-state index contributed by atoms with van der Waals surface area (Å²) < 4.78 is 5.37. The van der Waals surface area contributed by atoms with Crippen LogP contribution in [-0.2, 0) is 9.53 Å². The van der Waals surface area contributed by atoms with Crippen molar-refractivity contribution in [1.82, 2.24) is 10.2 Å². The lowest BCUT2D eigenvalue weighted by Crippen LogP contribution is -2.49. The SMILES string of the molecule is CCCC1=C(C(=O)OCC)C(c2ccsc2)NC(=S)N1C1CC1. The second-order valence-electron chi connectivity index (χ2n) is 5.87. The average molecular weight is 351 g/mol. The van der Waals surface area contributed by atoms with Gasteiger partial charge in [-0.2, -0.15) is 11.3 Å². The minimum atomic E-state index is -0.229. The number of allylic oxidation sites excluding steroid dienone is 1. The molecule has 2 heterocycles. The molecule has 2 aliphatic rings. The van der Waals surface area contributed by atoms with Crippen molar-refractivity contribution in [3.8, 4) is 0 Å². The predicted octanol–water partition coefficient (Wildman–Crippen LogP) is 3.76. The lowest BCUT2D eigenvalue weighted by Gasteiger charge is -2.38. The quantitative estimate of drug-likeness (QED) is 0.625. The lowest BCUT2D eigenvalue weighted by atomic mass is 9.94. The molecule has 0 bridgehead atoms. The third kappa shape index (κ3) is 3.28. The molecule has 4 nitrogen and oxygen atoms in total. The number of nitrogens with one attached hydrogen (secondary N) is 1. The Morgan fingerprint density at radius 3 is 2.83 bits per heavy atom. The number of ether oxygens (including phenoxy) is 1. The molecule has 1 atom stereocenters. The number of hydrogen-bond acceptors (Lipinski definition) is 4. The molecule has 1 aliphatic heterocycles. The topological polar surface area (TPSA) is 41.6 Å². The fourth-order valence-electron chi connectivity index (χ4n) is 3.03. The lowest BCUT2D eigenvalue weighted by molar-refractivity contribution is -0.139. The van der Waals surface area contributed by atoms with Gasteiger partial charge in [-0.05, 0) is 60.8 Å². The Balaban J connectivity index is 2.08. The van der Waals surface area contributed by atoms with Gasteiger partial charge in [0.2, 0.25) is 0 Å². The van der Waals surface area contributed by atoms with Gasteiger partial charge in [0.15, 0.2) is 5.11 Å². The van der Waals surface area contributed by atoms with Crippen molar-refractivity contribution in [2.75, 3.05) is 6.61 Å². The predicted molar refractivity (Wildman–Crippen MR) is 96.2 cm³/mol. The summed E-state index contributed by atoms with van der Waals surface area (Å²) in [6.07, 6.45) is 4.08. The number of esters is 1. The molecule has 1 fully saturated rings. The van der Waals surface area contributed by atoms with Gasteiger partial charge in [-0.3, -0.25) is 0 Å². The fourth-order valence-corrected chi connectivity index (χ4v) is 4.09. The summed E-state index contributed by atoms with van der Waals surface area (Å²) in [5.74, 6) is -0.229. The molecule has 1 aromatic heterocycles. The van der Waals surface area contributed by atoms with Crippen LogP contribution in [0.15, 0.2) is 28.1 Å². The molecule has 6 heteroatoms. The van der Waals surface area contributed by atoms with E-state index < -0.39 is 0 Å². The Bertz CT molecular complexity index is 621. The molecule has 1 unspecified atom stereocenters. The molecule has 0 radical (unpaired) electrons. The first kappa shape index (κ1) is 16.5. The molecule has 23 heavy (non-hydrogen) atoms. The first-order chi connectivity index (χ1) is 11.2. The molecular weight excluding hydrogens is 328 g/mol. The van der Waals surface area contributed by atoms with Crippen molar-refractivity contribution >= 4 is 34.6 Å². The monoisotopic (exact) mass is 350 g/mol. The first-order valence-corrected chi connectivity index (χ1v) is 9.54. The standard InChI is InChI=1S/C17H22N2O2S2/c1-3-5-13-14(16(20)21-4-2)15(11-8-9-23-10-11)18-17(22)19(13)12-6-7-12/h8-10,12,15H,3-7H2,1-2H3,(H,18,22). The zero-order valence-corrected chi connectivity index (χ0v) is 15.1. The van der Waals surface area contributed by atoms with Gasteiger partial charge in [0.05, 0.1) is 18.2 Å². The second kappa shape index (κ2) is 7.01. The summed E-state index contributed by atoms with van der Waals surface area (Å²) in [6, 6.07) is 2.27. The Morgan fingerprint density at radius 1 is 1.48 bits per heavy atom. The van der Waals surface area contributed by atoms with Gasteiger partial charge in [0.1, 0.15) is 0 Å². The molecular formula is C17H22N2O2S2. The molecule has 0 aromatic carbocycles. The van der Waals surface area contributed by atoms with Crippen LogP contribution in [0.2, 0.25) is 0 Å². The van der Waals surface area contributed by atoms with E-state index in [0.717, 1.165) is 47.6 Å². The highest BCUT2D eigenvalue weighted by atomic mass is 32.1. The number of hydrogen-bond donors (Lipinski definition) is 1. The van der Waals surface area contributed by atoms with E-state index in [1.54, 1.807) is 11.3 Å². The molecule has 1 aromatic rings. The zero-order valence-electron chi connectivity index (χ0n) is 13.5. The normalized spacial score (nSPS) is 21.4. The van der Waals surface area contributed by atoms with Crippen molar-refractivity contribution in [2.24, 2.45) is 0 Å². The van der Waals surface area contributed by atoms with E-state index in [9.17, 15) is 4.79 Å². The third-order valence-electron chi connectivity index (χ3n) is 4.15. The first-order valence-electron chi connectivity index (χ1n) is 8.19. The van der Waals surface area contributed by atoms with Gasteiger partial charge < -0.3 is 15.0 Å². The van der Waals surface area contributed by atoms with Gasteiger partial charge in [0.25, 0.3) is 0 Å². The van der Waals surface area contributed by atoms with Crippen LogP contribution >= 0.6 is 23.6 Å². The molecule has 0 saturated heterocycles. The van der Waals surface area contributed by atoms with E-state index in [-0.39, 0.29) is 12.0 Å². The van der Waals surface area contributed by atoms with Crippen molar-refractivity contribution < 1.29 is 9.53 Å². The Hall–Kier alpha value is -1.40. The van der Waals surface area contributed by atoms with E-state index in [1.165, 1.54) is 0 Å². The van der Waals surface area contributed by atoms with Gasteiger partial charge in [0, 0.05) is 11.7 Å². The van der Waals surface area contributed by atoms with Crippen LogP contribution < -0.4 is 5.32 Å². The van der Waals surface area contributed by atoms with E-state index in [0.29, 0.717) is 12.6 Å². The largest absolute Gasteiger partial charge is 0.463 e. The van der Waals surface area contributed by atoms with Gasteiger partial charge in [-0.15, -0.1) is 0 Å². The maximum atomic E-state index is 12.7. The van der Waals surface area contributed by atoms with E-state index in [1.807, 2.05) is 18.4 Å². The number of carbonyl (C=O) groups excluding carboxylic acids is 1. The molecule has 3 rings (SSSR count). The number of thiophene rings is 1. The number of thiocarbonyl (C=S) groups is 1. The van der Waals surface area contributed by atoms with Crippen LogP contribution in [0.4, 0.5) is 0 Å². The number of rotatable bonds is 6. The van der Waals surface area contributed by atoms with Crippen molar-refractivity contribution in [2.45, 2.75) is 51.6 Å². The van der Waals surface area contributed by atoms with Gasteiger partial charge >= 0.3 is 5.97 Å². The smallest absolute Gasteiger partial charge is 0.338 e. The summed E-state index contributed by atoms with van der Waals surface area (Å²) in [5, 5.41) is 8.20. The minimum absolute atomic E-state index is 0.204. The van der Waals surface area contributed by atoms with Crippen LogP contribution in [-0.4, -0.2) is 28.6 Å². The van der Waals surface area contributed by atoms with Crippen molar-refractivity contribution in [3.63, 3.8) is 0 Å². The number of nitrogens with zero attached hydrogens (tertiary/aromatic N) is 1. The van der Waals surface area contributed by atoms with Gasteiger partial charge in [-0.1, -0.05) is 13.3 Å². The summed E-state index contributed by atoms with van der Waals surface area (Å²) in [5.41, 5.74) is 2.85. The highest BCUT2D eigenvalue weighted by Gasteiger charge is 2.41. The summed E-state index contributed by atoms with van der Waals surface area (Å²) in [6.45, 7) is 4.36. The van der Waals surface area contributed by atoms with Crippen LogP contribution in [0.5, 0.6) is 0 Å². The van der Waals surface area contributed by atoms with Crippen molar-refractivity contribution in [1.29, 1.82) is 0 Å². The van der Waals surface area contributed by atoms with Crippen LogP contribution in [0.25, 0.3) is 0 Å². The van der Waals surface area contributed by atoms with E-state index in [2.05, 4.69) is 22.5 Å². The average Bonchev–Trinajstić information content (AvgIpc) is 3.20. The summed E-state index contributed by atoms with van der Waals surface area (Å²) in [7, 11) is 0. The maximum Gasteiger partial charge on any atom is 0.338 e. The number of carbonyl (C=O) groups is 1. The van der Waals surface area contributed by atoms with E-state index in [4.69, 9.17) is 17.0 Å². The van der Waals surface area contributed by atoms with E-state index >= 15 is 0 Å². The molecule has 0 spiro atoms. The molecule has 1 N–H and O–H groups in total. The Labute approximate surface area is 146 Å². The Morgan fingerprint density at radius 2 is 2.26 bits per heavy atom. The highest BCUT2D eigenvalue weighted by Crippen LogP contribution is 2.40. The Kier molecular flexibility index (Phi) is 5.02. The van der Waals surface area contributed by atoms with Crippen LogP contribution in [0.3, 0.4) is 0 Å². The summed E-state index contributed by atoms with van der Waals surface area (Å²) >= 11 is 7.25. The van der Waals surface area contributed by atoms with Crippen molar-refractivity contribution in [3.05, 3.63) is 33.7 Å². The summed E-state index contributed by atoms with van der Waals surface area (Å²) in [4.78, 5) is 14.9. The molecule has 124 valence electrons. The zero-order chi connectivity index (χ0) is 16.4. The fraction of sp³-hybridized carbons (Fsp3) is 0.529. The third-order valence-corrected chi connectivity index (χ3v) is 5.16.